The topological polar surface area (TPSA) is 92.7 Å². The van der Waals surface area contributed by atoms with E-state index in [0.717, 1.165) is 0 Å². The Labute approximate surface area is 103 Å². The molecular formula is C11H14N4O3. The van der Waals surface area contributed by atoms with E-state index in [2.05, 4.69) is 10.3 Å². The van der Waals surface area contributed by atoms with Crippen LogP contribution >= 0.6 is 0 Å². The molecule has 96 valence electrons. The first-order chi connectivity index (χ1) is 8.67. The molecule has 0 fully saturated rings. The van der Waals surface area contributed by atoms with Crippen molar-refractivity contribution in [2.75, 3.05) is 11.9 Å². The Bertz CT molecular complexity index is 562. The van der Waals surface area contributed by atoms with Crippen molar-refractivity contribution in [1.82, 2.24) is 9.38 Å². The molecule has 0 aromatic carbocycles. The van der Waals surface area contributed by atoms with Gasteiger partial charge in [0.15, 0.2) is 0 Å². The maximum Gasteiger partial charge on any atom is 0.372 e. The highest BCUT2D eigenvalue weighted by molar-refractivity contribution is 5.62. The van der Waals surface area contributed by atoms with Crippen LogP contribution in [0.2, 0.25) is 0 Å². The molecule has 2 heterocycles. The second-order valence-corrected chi connectivity index (χ2v) is 3.90. The highest BCUT2D eigenvalue weighted by Crippen LogP contribution is 2.25. The summed E-state index contributed by atoms with van der Waals surface area (Å²) in [6, 6.07) is 4.92. The first-order valence-electron chi connectivity index (χ1n) is 5.66. The number of aromatic nitrogens is 2. The number of anilines is 1. The molecule has 7 heteroatoms. The van der Waals surface area contributed by atoms with Crippen molar-refractivity contribution in [1.29, 1.82) is 0 Å². The van der Waals surface area contributed by atoms with Crippen LogP contribution in [0.15, 0.2) is 24.4 Å². The summed E-state index contributed by atoms with van der Waals surface area (Å²) in [4.78, 5) is 14.8. The lowest BCUT2D eigenvalue weighted by Crippen LogP contribution is -2.23. The smallest absolute Gasteiger partial charge is 0.372 e. The largest absolute Gasteiger partial charge is 0.394 e. The van der Waals surface area contributed by atoms with Crippen molar-refractivity contribution in [3.63, 3.8) is 0 Å². The van der Waals surface area contributed by atoms with Crippen LogP contribution in [0.5, 0.6) is 0 Å². The molecular weight excluding hydrogens is 236 g/mol. The number of pyridine rings is 1. The Kier molecular flexibility index (Phi) is 3.42. The van der Waals surface area contributed by atoms with E-state index in [0.29, 0.717) is 12.1 Å². The quantitative estimate of drug-likeness (QED) is 0.618. The van der Waals surface area contributed by atoms with Gasteiger partial charge >= 0.3 is 5.82 Å². The minimum atomic E-state index is -0.480. The number of fused-ring (bicyclic) bond motifs is 1. The Hall–Kier alpha value is -2.15. The van der Waals surface area contributed by atoms with Crippen LogP contribution in [0.1, 0.15) is 13.3 Å². The van der Waals surface area contributed by atoms with Crippen LogP contribution in [-0.4, -0.2) is 32.1 Å². The molecule has 2 rings (SSSR count). The molecule has 0 aliphatic rings. The molecule has 2 aromatic rings. The Balaban J connectivity index is 2.49. The van der Waals surface area contributed by atoms with Gasteiger partial charge in [-0.1, -0.05) is 13.0 Å². The van der Waals surface area contributed by atoms with Crippen molar-refractivity contribution < 1.29 is 10.0 Å². The molecule has 0 radical (unpaired) electrons. The second kappa shape index (κ2) is 5.01. The Morgan fingerprint density at radius 2 is 2.39 bits per heavy atom. The molecule has 2 aromatic heterocycles. The molecule has 0 aliphatic carbocycles. The third-order valence-corrected chi connectivity index (χ3v) is 2.73. The lowest BCUT2D eigenvalue weighted by molar-refractivity contribution is -0.389. The van der Waals surface area contributed by atoms with E-state index >= 15 is 0 Å². The van der Waals surface area contributed by atoms with Gasteiger partial charge < -0.3 is 20.5 Å². The maximum atomic E-state index is 11.1. The van der Waals surface area contributed by atoms with Gasteiger partial charge in [-0.15, -0.1) is 0 Å². The van der Waals surface area contributed by atoms with Crippen molar-refractivity contribution in [3.05, 3.63) is 34.5 Å². The molecule has 0 spiro atoms. The lowest BCUT2D eigenvalue weighted by Gasteiger charge is -2.12. The van der Waals surface area contributed by atoms with Gasteiger partial charge in [0.25, 0.3) is 0 Å². The fraction of sp³-hybridized carbons (Fsp3) is 0.364. The molecule has 0 unspecified atom stereocenters. The first kappa shape index (κ1) is 12.3. The van der Waals surface area contributed by atoms with E-state index in [1.807, 2.05) is 6.92 Å². The molecule has 0 saturated carbocycles. The third-order valence-electron chi connectivity index (χ3n) is 2.73. The fourth-order valence-electron chi connectivity index (χ4n) is 1.72. The molecule has 0 amide bonds. The van der Waals surface area contributed by atoms with Crippen molar-refractivity contribution >= 4 is 17.3 Å². The summed E-state index contributed by atoms with van der Waals surface area (Å²) >= 11 is 0. The van der Waals surface area contributed by atoms with Gasteiger partial charge in [0.1, 0.15) is 0 Å². The van der Waals surface area contributed by atoms with E-state index in [9.17, 15) is 10.1 Å². The average molecular weight is 250 g/mol. The van der Waals surface area contributed by atoms with Crippen molar-refractivity contribution in [3.8, 4) is 0 Å². The molecule has 0 saturated heterocycles. The number of imidazole rings is 1. The van der Waals surface area contributed by atoms with E-state index in [4.69, 9.17) is 5.11 Å². The van der Waals surface area contributed by atoms with Crippen LogP contribution in [0, 0.1) is 10.1 Å². The third kappa shape index (κ3) is 2.12. The summed E-state index contributed by atoms with van der Waals surface area (Å²) in [5.41, 5.74) is 0.500. The van der Waals surface area contributed by atoms with Crippen LogP contribution < -0.4 is 5.32 Å². The van der Waals surface area contributed by atoms with Crippen LogP contribution in [0.3, 0.4) is 0 Å². The van der Waals surface area contributed by atoms with Crippen LogP contribution in [-0.2, 0) is 0 Å². The van der Waals surface area contributed by atoms with Crippen molar-refractivity contribution in [2.24, 2.45) is 0 Å². The maximum absolute atomic E-state index is 11.1. The number of aliphatic hydroxyl groups is 1. The Morgan fingerprint density at radius 1 is 1.61 bits per heavy atom. The zero-order valence-electron chi connectivity index (χ0n) is 9.91. The van der Waals surface area contributed by atoms with Gasteiger partial charge in [0, 0.05) is 6.07 Å². The minimum absolute atomic E-state index is 0.0957. The summed E-state index contributed by atoms with van der Waals surface area (Å²) in [7, 11) is 0. The molecule has 1 atom stereocenters. The lowest BCUT2D eigenvalue weighted by atomic mass is 10.2. The average Bonchev–Trinajstić information content (AvgIpc) is 2.73. The van der Waals surface area contributed by atoms with Gasteiger partial charge in [-0.2, -0.15) is 9.38 Å². The number of hydrogen-bond acceptors (Lipinski definition) is 5. The van der Waals surface area contributed by atoms with E-state index in [-0.39, 0.29) is 24.3 Å². The standard InChI is InChI=1S/C11H14N4O3/c1-2-8(7-16)12-10-11(15(17)18)14-6-4-3-5-9(14)13-10/h3-6,8,12,16H,2,7H2,1H3/t8-/m0/s1. The van der Waals surface area contributed by atoms with Crippen LogP contribution in [0.4, 0.5) is 11.6 Å². The number of nitro groups is 1. The predicted molar refractivity (Wildman–Crippen MR) is 66.6 cm³/mol. The first-order valence-corrected chi connectivity index (χ1v) is 5.66. The molecule has 0 aliphatic heterocycles. The van der Waals surface area contributed by atoms with Gasteiger partial charge in [0.05, 0.1) is 18.8 Å². The molecule has 7 nitrogen and oxygen atoms in total. The van der Waals surface area contributed by atoms with Gasteiger partial charge in [-0.25, -0.2) is 0 Å². The highest BCUT2D eigenvalue weighted by Gasteiger charge is 2.23. The van der Waals surface area contributed by atoms with E-state index in [1.165, 1.54) is 4.40 Å². The summed E-state index contributed by atoms with van der Waals surface area (Å²) in [5, 5.41) is 23.1. The monoisotopic (exact) mass is 250 g/mol. The summed E-state index contributed by atoms with van der Waals surface area (Å²) < 4.78 is 1.41. The molecule has 2 N–H and O–H groups in total. The molecule has 0 bridgehead atoms. The minimum Gasteiger partial charge on any atom is -0.394 e. The van der Waals surface area contributed by atoms with E-state index < -0.39 is 4.92 Å². The number of aliphatic hydroxyl groups excluding tert-OH is 1. The van der Waals surface area contributed by atoms with Gasteiger partial charge in [-0.3, -0.25) is 0 Å². The summed E-state index contributed by atoms with van der Waals surface area (Å²) in [6.45, 7) is 1.79. The normalized spacial score (nSPS) is 12.6. The summed E-state index contributed by atoms with van der Waals surface area (Å²) in [5.74, 6) is 0.0737. The van der Waals surface area contributed by atoms with Gasteiger partial charge in [-0.05, 0) is 17.4 Å². The number of rotatable bonds is 5. The number of hydrogen-bond donors (Lipinski definition) is 2. The zero-order valence-corrected chi connectivity index (χ0v) is 9.91. The fourth-order valence-corrected chi connectivity index (χ4v) is 1.72. The SMILES string of the molecule is CC[C@@H](CO)Nc1nc2ccccn2c1[N+](=O)[O-]. The summed E-state index contributed by atoms with van der Waals surface area (Å²) in [6.07, 6.45) is 2.24. The van der Waals surface area contributed by atoms with E-state index in [1.54, 1.807) is 24.4 Å². The number of nitrogens with zero attached hydrogens (tertiary/aromatic N) is 3. The zero-order chi connectivity index (χ0) is 13.1. The van der Waals surface area contributed by atoms with Crippen molar-refractivity contribution in [2.45, 2.75) is 19.4 Å². The highest BCUT2D eigenvalue weighted by atomic mass is 16.6. The van der Waals surface area contributed by atoms with Crippen LogP contribution in [0.25, 0.3) is 5.65 Å². The Morgan fingerprint density at radius 3 is 3.00 bits per heavy atom. The number of nitrogens with one attached hydrogen (secondary N) is 1. The molecule has 18 heavy (non-hydrogen) atoms. The predicted octanol–water partition coefficient (Wildman–Crippen LogP) is 1.43. The second-order valence-electron chi connectivity index (χ2n) is 3.90. The van der Waals surface area contributed by atoms with Gasteiger partial charge in [0.2, 0.25) is 11.5 Å².